The summed E-state index contributed by atoms with van der Waals surface area (Å²) in [5.74, 6) is -0.778. The van der Waals surface area contributed by atoms with Crippen LogP contribution >= 0.6 is 0 Å². The lowest BCUT2D eigenvalue weighted by molar-refractivity contribution is -0.144. The topological polar surface area (TPSA) is 60.8 Å². The molecule has 4 nitrogen and oxygen atoms in total. The summed E-state index contributed by atoms with van der Waals surface area (Å²) in [7, 11) is 0. The first kappa shape index (κ1) is 11.5. The second kappa shape index (κ2) is 4.75. The highest BCUT2D eigenvalue weighted by Crippen LogP contribution is 2.24. The molecule has 0 radical (unpaired) electrons. The molecule has 0 aromatic carbocycles. The molecule has 0 bridgehead atoms. The van der Waals surface area contributed by atoms with E-state index in [0.29, 0.717) is 6.42 Å². The molecule has 1 aliphatic heterocycles. The maximum atomic E-state index is 11.0. The number of carbonyl (C=O) groups is 1. The standard InChI is InChI=1S/C10H19NO3/c1-3-8(10(13)14)11-6-4-5-9(11)7(2)12/h7-9,12H,3-6H2,1-2H3,(H,13,14)/t7-,8+,9-/m0/s1. The van der Waals surface area contributed by atoms with Crippen molar-refractivity contribution in [3.63, 3.8) is 0 Å². The second-order valence-corrected chi connectivity index (χ2v) is 3.95. The van der Waals surface area contributed by atoms with Crippen LogP contribution in [0.3, 0.4) is 0 Å². The van der Waals surface area contributed by atoms with Crippen molar-refractivity contribution in [3.8, 4) is 0 Å². The normalized spacial score (nSPS) is 27.5. The van der Waals surface area contributed by atoms with Crippen molar-refractivity contribution in [1.29, 1.82) is 0 Å². The highest BCUT2D eigenvalue weighted by atomic mass is 16.4. The first-order valence-electron chi connectivity index (χ1n) is 5.24. The Morgan fingerprint density at radius 3 is 2.71 bits per heavy atom. The molecule has 82 valence electrons. The van der Waals surface area contributed by atoms with Crippen molar-refractivity contribution in [2.75, 3.05) is 6.54 Å². The van der Waals surface area contributed by atoms with E-state index < -0.39 is 18.1 Å². The fraction of sp³-hybridized carbons (Fsp3) is 0.900. The third-order valence-corrected chi connectivity index (χ3v) is 2.97. The number of aliphatic hydroxyl groups is 1. The molecular formula is C10H19NO3. The van der Waals surface area contributed by atoms with E-state index >= 15 is 0 Å². The molecule has 1 rings (SSSR count). The Labute approximate surface area is 84.5 Å². The molecule has 1 saturated heterocycles. The smallest absolute Gasteiger partial charge is 0.320 e. The van der Waals surface area contributed by atoms with Crippen LogP contribution in [-0.2, 0) is 4.79 Å². The number of likely N-dealkylation sites (tertiary alicyclic amines) is 1. The SMILES string of the molecule is CC[C@H](C(=O)O)N1CCC[C@H]1[C@H](C)O. The van der Waals surface area contributed by atoms with Gasteiger partial charge in [0.1, 0.15) is 6.04 Å². The molecule has 4 heteroatoms. The predicted octanol–water partition coefficient (Wildman–Crippen LogP) is 0.695. The molecule has 1 aliphatic rings. The molecule has 0 aromatic rings. The summed E-state index contributed by atoms with van der Waals surface area (Å²) in [4.78, 5) is 12.9. The van der Waals surface area contributed by atoms with Crippen molar-refractivity contribution < 1.29 is 15.0 Å². The van der Waals surface area contributed by atoms with Gasteiger partial charge in [0.25, 0.3) is 0 Å². The van der Waals surface area contributed by atoms with Gasteiger partial charge in [0.05, 0.1) is 6.10 Å². The van der Waals surface area contributed by atoms with Crippen LogP contribution in [0.15, 0.2) is 0 Å². The summed E-state index contributed by atoms with van der Waals surface area (Å²) in [6, 6.07) is -0.409. The molecule has 0 unspecified atom stereocenters. The molecule has 1 heterocycles. The van der Waals surface area contributed by atoms with E-state index in [1.807, 2.05) is 11.8 Å². The lowest BCUT2D eigenvalue weighted by Crippen LogP contribution is -2.47. The van der Waals surface area contributed by atoms with Gasteiger partial charge in [-0.15, -0.1) is 0 Å². The molecule has 2 N–H and O–H groups in total. The van der Waals surface area contributed by atoms with Crippen LogP contribution < -0.4 is 0 Å². The molecule has 0 spiro atoms. The minimum atomic E-state index is -0.778. The lowest BCUT2D eigenvalue weighted by Gasteiger charge is -2.31. The van der Waals surface area contributed by atoms with Crippen LogP contribution in [0.25, 0.3) is 0 Å². The van der Waals surface area contributed by atoms with Gasteiger partial charge in [0.2, 0.25) is 0 Å². The number of carboxylic acid groups (broad SMARTS) is 1. The van der Waals surface area contributed by atoms with Gasteiger partial charge < -0.3 is 10.2 Å². The third kappa shape index (κ3) is 2.25. The van der Waals surface area contributed by atoms with E-state index in [1.165, 1.54) is 0 Å². The Balaban J connectivity index is 2.69. The van der Waals surface area contributed by atoms with E-state index in [2.05, 4.69) is 0 Å². The van der Waals surface area contributed by atoms with Gasteiger partial charge in [-0.2, -0.15) is 0 Å². The summed E-state index contributed by atoms with van der Waals surface area (Å²) >= 11 is 0. The zero-order chi connectivity index (χ0) is 10.7. The van der Waals surface area contributed by atoms with Crippen molar-refractivity contribution in [1.82, 2.24) is 4.90 Å². The van der Waals surface area contributed by atoms with E-state index in [4.69, 9.17) is 5.11 Å². The third-order valence-electron chi connectivity index (χ3n) is 2.97. The van der Waals surface area contributed by atoms with Crippen LogP contribution in [0.2, 0.25) is 0 Å². The first-order valence-corrected chi connectivity index (χ1v) is 5.24. The largest absolute Gasteiger partial charge is 0.480 e. The van der Waals surface area contributed by atoms with Gasteiger partial charge >= 0.3 is 5.97 Å². The summed E-state index contributed by atoms with van der Waals surface area (Å²) in [6.45, 7) is 4.40. The van der Waals surface area contributed by atoms with E-state index in [-0.39, 0.29) is 6.04 Å². The predicted molar refractivity (Wildman–Crippen MR) is 53.1 cm³/mol. The fourth-order valence-electron chi connectivity index (χ4n) is 2.27. The van der Waals surface area contributed by atoms with E-state index in [1.54, 1.807) is 6.92 Å². The molecule has 1 fully saturated rings. The Morgan fingerprint density at radius 2 is 2.29 bits per heavy atom. The number of nitrogens with zero attached hydrogens (tertiary/aromatic N) is 1. The van der Waals surface area contributed by atoms with Crippen LogP contribution in [0, 0.1) is 0 Å². The van der Waals surface area contributed by atoms with Crippen LogP contribution in [0.5, 0.6) is 0 Å². The minimum Gasteiger partial charge on any atom is -0.480 e. The van der Waals surface area contributed by atoms with Crippen molar-refractivity contribution in [2.24, 2.45) is 0 Å². The molecule has 14 heavy (non-hydrogen) atoms. The molecule has 0 aliphatic carbocycles. The Hall–Kier alpha value is -0.610. The first-order chi connectivity index (χ1) is 6.57. The number of rotatable bonds is 4. The van der Waals surface area contributed by atoms with Crippen LogP contribution in [0.4, 0.5) is 0 Å². The van der Waals surface area contributed by atoms with Crippen LogP contribution in [0.1, 0.15) is 33.1 Å². The zero-order valence-corrected chi connectivity index (χ0v) is 8.81. The molecule has 0 aromatic heterocycles. The molecule has 0 saturated carbocycles. The highest BCUT2D eigenvalue weighted by Gasteiger charge is 2.35. The Kier molecular flexibility index (Phi) is 3.89. The van der Waals surface area contributed by atoms with Crippen molar-refractivity contribution >= 4 is 5.97 Å². The Morgan fingerprint density at radius 1 is 1.64 bits per heavy atom. The highest BCUT2D eigenvalue weighted by molar-refractivity contribution is 5.73. The average molecular weight is 201 g/mol. The maximum Gasteiger partial charge on any atom is 0.320 e. The monoisotopic (exact) mass is 201 g/mol. The fourth-order valence-corrected chi connectivity index (χ4v) is 2.27. The average Bonchev–Trinajstić information content (AvgIpc) is 2.53. The summed E-state index contributed by atoms with van der Waals surface area (Å²) < 4.78 is 0. The Bertz CT molecular complexity index is 206. The van der Waals surface area contributed by atoms with Crippen molar-refractivity contribution in [2.45, 2.75) is 51.3 Å². The maximum absolute atomic E-state index is 11.0. The number of aliphatic carboxylic acids is 1. The molecule has 3 atom stereocenters. The van der Waals surface area contributed by atoms with Crippen LogP contribution in [-0.4, -0.2) is 45.8 Å². The summed E-state index contributed by atoms with van der Waals surface area (Å²) in [5, 5.41) is 18.5. The zero-order valence-electron chi connectivity index (χ0n) is 8.81. The quantitative estimate of drug-likeness (QED) is 0.702. The summed E-state index contributed by atoms with van der Waals surface area (Å²) in [5.41, 5.74) is 0. The van der Waals surface area contributed by atoms with E-state index in [0.717, 1.165) is 19.4 Å². The lowest BCUT2D eigenvalue weighted by atomic mass is 10.1. The summed E-state index contributed by atoms with van der Waals surface area (Å²) in [6.07, 6.45) is 2.05. The number of carboxylic acids is 1. The van der Waals surface area contributed by atoms with Gasteiger partial charge in [-0.25, -0.2) is 0 Å². The van der Waals surface area contributed by atoms with E-state index in [9.17, 15) is 9.90 Å². The van der Waals surface area contributed by atoms with Gasteiger partial charge in [0, 0.05) is 6.04 Å². The van der Waals surface area contributed by atoms with Gasteiger partial charge in [0.15, 0.2) is 0 Å². The number of hydrogen-bond donors (Lipinski definition) is 2. The van der Waals surface area contributed by atoms with Gasteiger partial charge in [-0.1, -0.05) is 6.92 Å². The molecule has 0 amide bonds. The number of aliphatic hydroxyl groups excluding tert-OH is 1. The van der Waals surface area contributed by atoms with Crippen molar-refractivity contribution in [3.05, 3.63) is 0 Å². The number of hydrogen-bond acceptors (Lipinski definition) is 3. The van der Waals surface area contributed by atoms with Gasteiger partial charge in [-0.05, 0) is 32.7 Å². The molecular weight excluding hydrogens is 182 g/mol. The minimum absolute atomic E-state index is 0.0241. The van der Waals surface area contributed by atoms with Gasteiger partial charge in [-0.3, -0.25) is 9.69 Å². The second-order valence-electron chi connectivity index (χ2n) is 3.95.